The van der Waals surface area contributed by atoms with Gasteiger partial charge in [0.05, 0.1) is 37.3 Å². The Balaban J connectivity index is 1.90. The van der Waals surface area contributed by atoms with E-state index >= 15 is 0 Å². The molecule has 2 N–H and O–H groups in total. The van der Waals surface area contributed by atoms with Crippen LogP contribution in [0.4, 0.5) is 10.8 Å². The smallest absolute Gasteiger partial charge is 0.234 e. The third-order valence-electron chi connectivity index (χ3n) is 3.06. The first-order chi connectivity index (χ1) is 12.6. The predicted molar refractivity (Wildman–Crippen MR) is 104 cm³/mol. The van der Waals surface area contributed by atoms with Crippen LogP contribution in [0, 0.1) is 0 Å². The van der Waals surface area contributed by atoms with Crippen LogP contribution < -0.4 is 20.1 Å². The Hall–Kier alpha value is -1.75. The van der Waals surface area contributed by atoms with Crippen molar-refractivity contribution in [3.63, 3.8) is 0 Å². The van der Waals surface area contributed by atoms with Crippen LogP contribution in [-0.4, -0.2) is 56.3 Å². The van der Waals surface area contributed by atoms with Crippen molar-refractivity contribution in [1.82, 2.24) is 10.2 Å². The number of nitrogens with one attached hydrogen (secondary N) is 2. The lowest BCUT2D eigenvalue weighted by atomic mass is 10.2. The summed E-state index contributed by atoms with van der Waals surface area (Å²) >= 11 is 8.77. The van der Waals surface area contributed by atoms with Gasteiger partial charge in [-0.15, -0.1) is 10.2 Å². The van der Waals surface area contributed by atoms with Crippen molar-refractivity contribution in [1.29, 1.82) is 0 Å². The van der Waals surface area contributed by atoms with Crippen molar-refractivity contribution >= 4 is 51.4 Å². The number of halogens is 1. The number of ether oxygens (including phenoxy) is 3. The van der Waals surface area contributed by atoms with Crippen molar-refractivity contribution in [3.05, 3.63) is 17.2 Å². The van der Waals surface area contributed by atoms with Gasteiger partial charge in [-0.1, -0.05) is 34.7 Å². The number of thioether (sulfide) groups is 1. The van der Waals surface area contributed by atoms with E-state index < -0.39 is 0 Å². The van der Waals surface area contributed by atoms with E-state index in [1.54, 1.807) is 19.2 Å². The molecule has 0 aliphatic carbocycles. The number of methoxy groups -OCH3 is 3. The zero-order valence-corrected chi connectivity index (χ0v) is 16.9. The van der Waals surface area contributed by atoms with Crippen LogP contribution in [0.3, 0.4) is 0 Å². The van der Waals surface area contributed by atoms with E-state index in [0.29, 0.717) is 44.8 Å². The second-order valence-electron chi connectivity index (χ2n) is 4.82. The molecular formula is C15H19ClN4O4S2. The molecule has 26 heavy (non-hydrogen) atoms. The predicted octanol–water partition coefficient (Wildman–Crippen LogP) is 3.00. The molecule has 0 aliphatic heterocycles. The largest absolute Gasteiger partial charge is 0.495 e. The van der Waals surface area contributed by atoms with Gasteiger partial charge in [0, 0.05) is 19.7 Å². The quantitative estimate of drug-likeness (QED) is 0.449. The molecule has 1 aromatic carbocycles. The number of rotatable bonds is 10. The summed E-state index contributed by atoms with van der Waals surface area (Å²) in [5, 5.41) is 15.0. The van der Waals surface area contributed by atoms with Gasteiger partial charge in [0.2, 0.25) is 11.0 Å². The first kappa shape index (κ1) is 20.6. The minimum atomic E-state index is -0.210. The number of carbonyl (C=O) groups excluding carboxylic acids is 1. The van der Waals surface area contributed by atoms with Crippen molar-refractivity contribution in [2.45, 2.75) is 4.34 Å². The summed E-state index contributed by atoms with van der Waals surface area (Å²) in [5.74, 6) is 0.904. The molecule has 0 aliphatic rings. The fourth-order valence-corrected chi connectivity index (χ4v) is 3.69. The molecule has 2 aromatic rings. The number of amides is 1. The number of hydrogen-bond donors (Lipinski definition) is 2. The molecule has 0 radical (unpaired) electrons. The molecule has 1 heterocycles. The molecule has 0 fully saturated rings. The molecule has 0 bridgehead atoms. The van der Waals surface area contributed by atoms with Gasteiger partial charge in [-0.3, -0.25) is 4.79 Å². The third-order valence-corrected chi connectivity index (χ3v) is 5.37. The molecular weight excluding hydrogens is 400 g/mol. The Morgan fingerprint density at radius 1 is 1.23 bits per heavy atom. The molecule has 0 spiro atoms. The van der Waals surface area contributed by atoms with Crippen LogP contribution in [0.1, 0.15) is 0 Å². The summed E-state index contributed by atoms with van der Waals surface area (Å²) in [5.41, 5.74) is 0.475. The summed E-state index contributed by atoms with van der Waals surface area (Å²) in [6.07, 6.45) is 0. The fraction of sp³-hybridized carbons (Fsp3) is 0.400. The molecule has 1 amide bonds. The molecule has 2 rings (SSSR count). The van der Waals surface area contributed by atoms with Crippen molar-refractivity contribution in [2.75, 3.05) is 50.9 Å². The van der Waals surface area contributed by atoms with Gasteiger partial charge in [0.1, 0.15) is 11.5 Å². The van der Waals surface area contributed by atoms with Gasteiger partial charge >= 0.3 is 0 Å². The topological polar surface area (TPSA) is 94.6 Å². The van der Waals surface area contributed by atoms with Gasteiger partial charge in [-0.05, 0) is 6.07 Å². The summed E-state index contributed by atoms with van der Waals surface area (Å²) in [6, 6.07) is 3.21. The normalized spacial score (nSPS) is 10.5. The molecule has 0 saturated heterocycles. The highest BCUT2D eigenvalue weighted by atomic mass is 35.5. The fourth-order valence-electron chi connectivity index (χ4n) is 1.87. The molecule has 0 atom stereocenters. The second kappa shape index (κ2) is 10.4. The van der Waals surface area contributed by atoms with E-state index in [-0.39, 0.29) is 11.7 Å². The Bertz CT molecular complexity index is 744. The first-order valence-electron chi connectivity index (χ1n) is 7.47. The van der Waals surface area contributed by atoms with Crippen LogP contribution in [-0.2, 0) is 9.53 Å². The summed E-state index contributed by atoms with van der Waals surface area (Å²) in [4.78, 5) is 12.2. The molecule has 142 valence electrons. The number of nitrogens with zero attached hydrogens (tertiary/aromatic N) is 2. The minimum Gasteiger partial charge on any atom is -0.495 e. The monoisotopic (exact) mass is 418 g/mol. The lowest BCUT2D eigenvalue weighted by Crippen LogP contribution is -2.14. The van der Waals surface area contributed by atoms with Crippen LogP contribution in [0.5, 0.6) is 11.5 Å². The molecule has 0 saturated carbocycles. The summed E-state index contributed by atoms with van der Waals surface area (Å²) in [7, 11) is 4.65. The average molecular weight is 419 g/mol. The number of aromatic nitrogens is 2. The highest BCUT2D eigenvalue weighted by Gasteiger charge is 2.14. The zero-order valence-electron chi connectivity index (χ0n) is 14.5. The maximum atomic E-state index is 12.2. The van der Waals surface area contributed by atoms with Crippen molar-refractivity contribution in [2.24, 2.45) is 0 Å². The average Bonchev–Trinajstić information content (AvgIpc) is 3.08. The van der Waals surface area contributed by atoms with E-state index in [9.17, 15) is 4.79 Å². The number of benzene rings is 1. The van der Waals surface area contributed by atoms with Crippen LogP contribution in [0.25, 0.3) is 0 Å². The van der Waals surface area contributed by atoms with Gasteiger partial charge in [-0.2, -0.15) is 0 Å². The van der Waals surface area contributed by atoms with Crippen LogP contribution in [0.2, 0.25) is 5.02 Å². The van der Waals surface area contributed by atoms with Gasteiger partial charge in [-0.25, -0.2) is 0 Å². The van der Waals surface area contributed by atoms with E-state index in [4.69, 9.17) is 25.8 Å². The first-order valence-corrected chi connectivity index (χ1v) is 9.65. The standard InChI is InChI=1S/C15H19ClN4O4S2/c1-22-5-4-17-14-19-20-15(26-14)25-8-13(21)18-10-6-9(16)11(23-2)7-12(10)24-3/h6-7H,4-5,8H2,1-3H3,(H,17,19)(H,18,21). The number of anilines is 2. The van der Waals surface area contributed by atoms with Crippen molar-refractivity contribution < 1.29 is 19.0 Å². The Morgan fingerprint density at radius 3 is 2.69 bits per heavy atom. The Labute approximate surface area is 164 Å². The highest BCUT2D eigenvalue weighted by Crippen LogP contribution is 2.36. The zero-order chi connectivity index (χ0) is 18.9. The van der Waals surface area contributed by atoms with Crippen LogP contribution in [0.15, 0.2) is 16.5 Å². The molecule has 1 aromatic heterocycles. The van der Waals surface area contributed by atoms with Gasteiger partial charge < -0.3 is 24.8 Å². The van der Waals surface area contributed by atoms with Crippen LogP contribution >= 0.6 is 34.7 Å². The van der Waals surface area contributed by atoms with E-state index in [1.807, 2.05) is 0 Å². The second-order valence-corrected chi connectivity index (χ2v) is 7.42. The number of hydrogen-bond acceptors (Lipinski definition) is 9. The lowest BCUT2D eigenvalue weighted by molar-refractivity contribution is -0.113. The molecule has 0 unspecified atom stereocenters. The summed E-state index contributed by atoms with van der Waals surface area (Å²) in [6.45, 7) is 1.23. The maximum Gasteiger partial charge on any atom is 0.234 e. The molecule has 11 heteroatoms. The summed E-state index contributed by atoms with van der Waals surface area (Å²) < 4.78 is 16.0. The van der Waals surface area contributed by atoms with Crippen molar-refractivity contribution in [3.8, 4) is 11.5 Å². The Morgan fingerprint density at radius 2 is 2.00 bits per heavy atom. The highest BCUT2D eigenvalue weighted by molar-refractivity contribution is 8.01. The van der Waals surface area contributed by atoms with E-state index in [2.05, 4.69) is 20.8 Å². The lowest BCUT2D eigenvalue weighted by Gasteiger charge is -2.12. The Kier molecular flexibility index (Phi) is 8.23. The third kappa shape index (κ3) is 5.90. The van der Waals surface area contributed by atoms with E-state index in [1.165, 1.54) is 37.3 Å². The number of carbonyl (C=O) groups is 1. The minimum absolute atomic E-state index is 0.180. The van der Waals surface area contributed by atoms with Gasteiger partial charge in [0.15, 0.2) is 4.34 Å². The van der Waals surface area contributed by atoms with E-state index in [0.717, 1.165) is 0 Å². The molecule has 8 nitrogen and oxygen atoms in total. The maximum absolute atomic E-state index is 12.2. The SMILES string of the molecule is COCCNc1nnc(SCC(=O)Nc2cc(Cl)c(OC)cc2OC)s1. The van der Waals surface area contributed by atoms with Gasteiger partial charge in [0.25, 0.3) is 0 Å².